The summed E-state index contributed by atoms with van der Waals surface area (Å²) >= 11 is 4.25. The number of aromatic nitrogens is 8. The van der Waals surface area contributed by atoms with Gasteiger partial charge in [-0.05, 0) is 18.8 Å². The average Bonchev–Trinajstić information content (AvgIpc) is 3.49. The molecule has 0 amide bonds. The van der Waals surface area contributed by atoms with Gasteiger partial charge in [-0.15, -0.1) is 6.58 Å². The maximum Gasteiger partial charge on any atom is 0.472 e. The number of rotatable bonds is 3. The number of nitrogens with one attached hydrogen (secondary N) is 1. The summed E-state index contributed by atoms with van der Waals surface area (Å²) in [5, 5.41) is 23.5. The minimum Gasteiger partial charge on any atom is -0.388 e. The molecule has 0 aromatic carbocycles. The molecule has 5 aliphatic rings. The first kappa shape index (κ1) is 31.7. The SMILES string of the molecule is C=C[C@@]12CO[P@@](=O)(S)O[C@H]3[C@@H](O)[C@H](n4cnc5c(N)ncnc54)[C@H]4C[C@]43COP(=O)(O)O[C@]13[C@@H](O)[C@H](n1cnc4c(=O)[nH]c(N)nc41)C[C@@H]32. The minimum absolute atomic E-state index is 0.0221. The lowest BCUT2D eigenvalue weighted by molar-refractivity contribution is -0.0581. The van der Waals surface area contributed by atoms with Crippen molar-refractivity contribution in [3.63, 3.8) is 0 Å². The molecule has 12 atom stereocenters. The predicted octanol–water partition coefficient (Wildman–Crippen LogP) is 0.479. The van der Waals surface area contributed by atoms with Crippen LogP contribution in [0.5, 0.6) is 0 Å². The Morgan fingerprint density at radius 2 is 1.84 bits per heavy atom. The highest BCUT2D eigenvalue weighted by Gasteiger charge is 2.86. The standard InChI is InChI=1S/C26H30N10O10P2S/c1-2-25-6-44-48(42,49)45-18-16(37)15(36-9-31-13-19(27)29-7-30-20(13)36)10-4-24(10,18)5-43-47(40,41)46-26(25)12(25)3-11(17(26)38)35-8-32-14-21(35)33-23(28)34-22(14)39/h2,7-12,15-18,37-38H,1,3-6H2,(H,40,41)(H,42,49)(H2,27,29,30)(H3,28,33,34,39)/t10-,11-,12-,15-,16+,17+,18+,24+,25+,26-,48-/m1/s1. The Morgan fingerprint density at radius 3 is 2.61 bits per heavy atom. The van der Waals surface area contributed by atoms with Crippen molar-refractivity contribution >= 4 is 61.0 Å². The third-order valence-corrected chi connectivity index (χ3v) is 13.8. The van der Waals surface area contributed by atoms with Crippen LogP contribution in [0, 0.1) is 22.7 Å². The van der Waals surface area contributed by atoms with Gasteiger partial charge in [0.15, 0.2) is 22.6 Å². The molecule has 5 heterocycles. The maximum atomic E-state index is 13.9. The number of fused-ring (bicyclic) bond motifs is 3. The molecule has 4 aromatic heterocycles. The molecule has 0 bridgehead atoms. The topological polar surface area (TPSA) is 291 Å². The van der Waals surface area contributed by atoms with E-state index in [1.165, 1.54) is 29.6 Å². The average molecular weight is 737 g/mol. The number of aliphatic hydroxyl groups excluding tert-OH is 2. The Bertz CT molecular complexity index is 2250. The van der Waals surface area contributed by atoms with Crippen molar-refractivity contribution in [3.05, 3.63) is 42.0 Å². The highest BCUT2D eigenvalue weighted by atomic mass is 32.7. The Hall–Kier alpha value is -3.23. The highest BCUT2D eigenvalue weighted by molar-refractivity contribution is 8.44. The summed E-state index contributed by atoms with van der Waals surface area (Å²) in [5.74, 6) is -1.18. The third kappa shape index (κ3) is 4.13. The van der Waals surface area contributed by atoms with Crippen molar-refractivity contribution in [1.29, 1.82) is 0 Å². The van der Waals surface area contributed by atoms with Crippen molar-refractivity contribution in [2.75, 3.05) is 24.7 Å². The first-order valence-electron chi connectivity index (χ1n) is 15.2. The summed E-state index contributed by atoms with van der Waals surface area (Å²) in [4.78, 5) is 46.8. The Balaban J connectivity index is 1.07. The molecule has 4 aromatic rings. The molecule has 2 spiro atoms. The Labute approximate surface area is 280 Å². The number of aromatic amines is 1. The summed E-state index contributed by atoms with van der Waals surface area (Å²) in [6.45, 7) is -1.30. The fraction of sp³-hybridized carbons (Fsp3) is 0.538. The first-order chi connectivity index (χ1) is 23.2. The second kappa shape index (κ2) is 9.97. The molecule has 20 nitrogen and oxygen atoms in total. The minimum atomic E-state index is -5.00. The number of phosphoric acid groups is 1. The van der Waals surface area contributed by atoms with Gasteiger partial charge in [0, 0.05) is 11.3 Å². The smallest absolute Gasteiger partial charge is 0.388 e. The Kier molecular flexibility index (Phi) is 6.45. The van der Waals surface area contributed by atoms with Crippen molar-refractivity contribution in [1.82, 2.24) is 39.0 Å². The van der Waals surface area contributed by atoms with Crippen LogP contribution in [0.3, 0.4) is 0 Å². The van der Waals surface area contributed by atoms with Crippen LogP contribution < -0.4 is 17.0 Å². The van der Waals surface area contributed by atoms with Crippen LogP contribution in [0.4, 0.5) is 11.8 Å². The van der Waals surface area contributed by atoms with E-state index in [0.29, 0.717) is 17.6 Å². The molecule has 8 N–H and O–H groups in total. The summed E-state index contributed by atoms with van der Waals surface area (Å²) in [5.41, 5.74) is 7.57. The monoisotopic (exact) mass is 736 g/mol. The number of nitrogen functional groups attached to an aromatic ring is 2. The molecule has 1 saturated heterocycles. The van der Waals surface area contributed by atoms with Gasteiger partial charge in [0.2, 0.25) is 5.95 Å². The zero-order valence-electron chi connectivity index (χ0n) is 25.2. The third-order valence-electron chi connectivity index (χ3n) is 11.2. The van der Waals surface area contributed by atoms with Crippen molar-refractivity contribution in [2.24, 2.45) is 22.7 Å². The van der Waals surface area contributed by atoms with Gasteiger partial charge in [0.05, 0.1) is 43.4 Å². The maximum absolute atomic E-state index is 13.9. The molecule has 4 saturated carbocycles. The van der Waals surface area contributed by atoms with Crippen LogP contribution in [0.25, 0.3) is 22.3 Å². The van der Waals surface area contributed by atoms with E-state index in [-0.39, 0.29) is 29.4 Å². The summed E-state index contributed by atoms with van der Waals surface area (Å²) in [6.07, 6.45) is 1.77. The molecule has 1 aliphatic heterocycles. The molecule has 49 heavy (non-hydrogen) atoms. The molecule has 4 aliphatic carbocycles. The van der Waals surface area contributed by atoms with E-state index in [4.69, 9.17) is 29.6 Å². The van der Waals surface area contributed by atoms with Gasteiger partial charge in [-0.1, -0.05) is 18.3 Å². The second-order valence-corrected chi connectivity index (χ2v) is 17.6. The number of hydrogen-bond donors (Lipinski definition) is 7. The fourth-order valence-corrected chi connectivity index (χ4v) is 11.7. The number of H-pyrrole nitrogens is 1. The Morgan fingerprint density at radius 1 is 1.08 bits per heavy atom. The molecular weight excluding hydrogens is 706 g/mol. The normalized spacial score (nSPS) is 44.4. The van der Waals surface area contributed by atoms with E-state index in [1.54, 1.807) is 4.57 Å². The van der Waals surface area contributed by atoms with Gasteiger partial charge in [0.1, 0.15) is 35.8 Å². The number of imidazole rings is 2. The lowest BCUT2D eigenvalue weighted by Crippen LogP contribution is -2.42. The van der Waals surface area contributed by atoms with Crippen molar-refractivity contribution in [3.8, 4) is 0 Å². The fourth-order valence-electron chi connectivity index (χ4n) is 8.93. The first-order valence-corrected chi connectivity index (χ1v) is 19.4. The number of hydrogen-bond acceptors (Lipinski definition) is 16. The van der Waals surface area contributed by atoms with E-state index in [1.807, 2.05) is 0 Å². The van der Waals surface area contributed by atoms with Crippen LogP contribution in [0.2, 0.25) is 0 Å². The lowest BCUT2D eigenvalue weighted by Gasteiger charge is -2.35. The molecule has 9 rings (SSSR count). The number of phosphoric ester groups is 1. The van der Waals surface area contributed by atoms with Gasteiger partial charge < -0.3 is 35.7 Å². The zero-order chi connectivity index (χ0) is 34.5. The summed E-state index contributed by atoms with van der Waals surface area (Å²) in [7, 11) is -5.00. The van der Waals surface area contributed by atoms with Crippen LogP contribution in [-0.4, -0.2) is 91.3 Å². The van der Waals surface area contributed by atoms with Gasteiger partial charge in [0.25, 0.3) is 5.56 Å². The predicted molar refractivity (Wildman–Crippen MR) is 171 cm³/mol. The largest absolute Gasteiger partial charge is 0.472 e. The van der Waals surface area contributed by atoms with Crippen LogP contribution in [-0.2, 0) is 27.2 Å². The van der Waals surface area contributed by atoms with E-state index < -0.39 is 92.1 Å². The summed E-state index contributed by atoms with van der Waals surface area (Å²) in [6, 6.07) is -1.59. The van der Waals surface area contributed by atoms with Crippen LogP contribution in [0.15, 0.2) is 36.4 Å². The molecule has 5 fully saturated rings. The van der Waals surface area contributed by atoms with Crippen molar-refractivity contribution in [2.45, 2.75) is 48.8 Å². The second-order valence-electron chi connectivity index (χ2n) is 13.3. The zero-order valence-corrected chi connectivity index (χ0v) is 27.9. The van der Waals surface area contributed by atoms with Gasteiger partial charge >= 0.3 is 14.6 Å². The number of nitrogens with zero attached hydrogens (tertiary/aromatic N) is 7. The molecular formula is C26H30N10O10P2S. The van der Waals surface area contributed by atoms with E-state index >= 15 is 0 Å². The number of aliphatic hydroxyl groups is 2. The van der Waals surface area contributed by atoms with Gasteiger partial charge in [-0.3, -0.25) is 27.9 Å². The molecule has 23 heteroatoms. The van der Waals surface area contributed by atoms with Crippen LogP contribution >= 0.6 is 26.9 Å². The van der Waals surface area contributed by atoms with Crippen molar-refractivity contribution < 1.29 is 42.3 Å². The summed E-state index contributed by atoms with van der Waals surface area (Å²) < 4.78 is 54.2. The number of anilines is 2. The van der Waals surface area contributed by atoms with E-state index in [2.05, 4.69) is 48.7 Å². The highest BCUT2D eigenvalue weighted by Crippen LogP contribution is 2.80. The number of thiol groups is 1. The van der Waals surface area contributed by atoms with Crippen LogP contribution in [0.1, 0.15) is 24.9 Å². The number of nitrogens with two attached hydrogens (primary N) is 2. The quantitative estimate of drug-likeness (QED) is 0.0855. The molecule has 0 radical (unpaired) electrons. The molecule has 1 unspecified atom stereocenters. The van der Waals surface area contributed by atoms with Gasteiger partial charge in [-0.25, -0.2) is 29.1 Å². The molecule has 260 valence electrons. The van der Waals surface area contributed by atoms with E-state index in [0.717, 1.165) is 0 Å². The van der Waals surface area contributed by atoms with Gasteiger partial charge in [-0.2, -0.15) is 4.98 Å². The van der Waals surface area contributed by atoms with E-state index in [9.17, 15) is 29.0 Å². The lowest BCUT2D eigenvalue weighted by atomic mass is 9.91.